The first kappa shape index (κ1) is 16.5. The molecule has 0 unspecified atom stereocenters. The minimum atomic E-state index is -0.629. The lowest BCUT2D eigenvalue weighted by Crippen LogP contribution is -2.22. The SMILES string of the molecule is COC(=O)[C@H](Sc1nncn1C(C)(C)C)c1ccc(F)cc1. The standard InChI is InChI=1S/C15H18FN3O2S/c1-15(2,3)19-9-17-18-14(19)22-12(13(20)21-4)10-5-7-11(16)8-6-10/h5-9,12H,1-4H3/t12-/m1/s1. The fourth-order valence-corrected chi connectivity index (χ4v) is 3.09. The van der Waals surface area contributed by atoms with E-state index < -0.39 is 11.2 Å². The van der Waals surface area contributed by atoms with E-state index >= 15 is 0 Å². The van der Waals surface area contributed by atoms with Crippen LogP contribution in [0.25, 0.3) is 0 Å². The summed E-state index contributed by atoms with van der Waals surface area (Å²) in [6.07, 6.45) is 1.63. The summed E-state index contributed by atoms with van der Waals surface area (Å²) >= 11 is 1.23. The summed E-state index contributed by atoms with van der Waals surface area (Å²) in [5.74, 6) is -0.768. The van der Waals surface area contributed by atoms with Crippen LogP contribution in [0.2, 0.25) is 0 Å². The number of ether oxygens (including phenoxy) is 1. The van der Waals surface area contributed by atoms with Crippen LogP contribution in [0.15, 0.2) is 35.7 Å². The van der Waals surface area contributed by atoms with Gasteiger partial charge in [0.2, 0.25) is 0 Å². The molecule has 22 heavy (non-hydrogen) atoms. The van der Waals surface area contributed by atoms with Crippen molar-refractivity contribution in [3.63, 3.8) is 0 Å². The van der Waals surface area contributed by atoms with E-state index in [4.69, 9.17) is 4.74 Å². The lowest BCUT2D eigenvalue weighted by atomic mass is 10.1. The first-order chi connectivity index (χ1) is 10.3. The molecule has 0 saturated carbocycles. The quantitative estimate of drug-likeness (QED) is 0.639. The topological polar surface area (TPSA) is 57.0 Å². The molecule has 118 valence electrons. The molecular formula is C15H18FN3O2S. The van der Waals surface area contributed by atoms with Crippen LogP contribution < -0.4 is 0 Å². The fourth-order valence-electron chi connectivity index (χ4n) is 1.87. The van der Waals surface area contributed by atoms with Crippen LogP contribution in [0.5, 0.6) is 0 Å². The lowest BCUT2D eigenvalue weighted by molar-refractivity contribution is -0.140. The zero-order chi connectivity index (χ0) is 16.3. The Morgan fingerprint density at radius 2 is 1.95 bits per heavy atom. The molecule has 2 rings (SSSR count). The Labute approximate surface area is 132 Å². The monoisotopic (exact) mass is 323 g/mol. The van der Waals surface area contributed by atoms with E-state index in [1.54, 1.807) is 18.5 Å². The van der Waals surface area contributed by atoms with Crippen molar-refractivity contribution in [3.8, 4) is 0 Å². The number of rotatable bonds is 4. The van der Waals surface area contributed by atoms with Crippen LogP contribution in [-0.4, -0.2) is 27.8 Å². The van der Waals surface area contributed by atoms with Crippen molar-refractivity contribution in [3.05, 3.63) is 42.0 Å². The zero-order valence-corrected chi connectivity index (χ0v) is 13.7. The maximum Gasteiger partial charge on any atom is 0.323 e. The molecule has 0 aliphatic heterocycles. The van der Waals surface area contributed by atoms with E-state index in [1.165, 1.54) is 31.0 Å². The molecule has 0 amide bonds. The molecule has 0 N–H and O–H groups in total. The number of carbonyl (C=O) groups excluding carboxylic acids is 1. The number of hydrogen-bond acceptors (Lipinski definition) is 5. The van der Waals surface area contributed by atoms with Gasteiger partial charge in [-0.25, -0.2) is 4.39 Å². The average molecular weight is 323 g/mol. The molecule has 0 radical (unpaired) electrons. The third-order valence-electron chi connectivity index (χ3n) is 3.05. The Hall–Kier alpha value is -1.89. The summed E-state index contributed by atoms with van der Waals surface area (Å²) in [6.45, 7) is 6.06. The Morgan fingerprint density at radius 3 is 2.50 bits per heavy atom. The lowest BCUT2D eigenvalue weighted by Gasteiger charge is -2.23. The number of aromatic nitrogens is 3. The Kier molecular flexibility index (Phi) is 4.85. The maximum absolute atomic E-state index is 13.1. The summed E-state index contributed by atoms with van der Waals surface area (Å²) in [6, 6.07) is 5.78. The smallest absolute Gasteiger partial charge is 0.323 e. The van der Waals surface area contributed by atoms with Gasteiger partial charge in [-0.2, -0.15) is 0 Å². The highest BCUT2D eigenvalue weighted by atomic mass is 32.2. The number of carbonyl (C=O) groups is 1. The molecule has 1 aromatic carbocycles. The first-order valence-electron chi connectivity index (χ1n) is 6.73. The van der Waals surface area contributed by atoms with E-state index in [1.807, 2.05) is 25.3 Å². The molecule has 0 aliphatic rings. The van der Waals surface area contributed by atoms with Gasteiger partial charge in [0.25, 0.3) is 0 Å². The highest BCUT2D eigenvalue weighted by Gasteiger charge is 2.27. The summed E-state index contributed by atoms with van der Waals surface area (Å²) in [7, 11) is 1.33. The number of esters is 1. The highest BCUT2D eigenvalue weighted by molar-refractivity contribution is 8.00. The van der Waals surface area contributed by atoms with Gasteiger partial charge in [0.05, 0.1) is 7.11 Å². The van der Waals surface area contributed by atoms with Gasteiger partial charge >= 0.3 is 5.97 Å². The number of nitrogens with zero attached hydrogens (tertiary/aromatic N) is 3. The molecule has 0 bridgehead atoms. The van der Waals surface area contributed by atoms with E-state index in [0.717, 1.165) is 0 Å². The van der Waals surface area contributed by atoms with Gasteiger partial charge < -0.3 is 9.30 Å². The zero-order valence-electron chi connectivity index (χ0n) is 12.9. The van der Waals surface area contributed by atoms with Crippen molar-refractivity contribution in [2.75, 3.05) is 7.11 Å². The second-order valence-corrected chi connectivity index (χ2v) is 6.80. The predicted molar refractivity (Wildman–Crippen MR) is 82.0 cm³/mol. The molecule has 0 fully saturated rings. The van der Waals surface area contributed by atoms with Crippen molar-refractivity contribution >= 4 is 17.7 Å². The minimum Gasteiger partial charge on any atom is -0.468 e. The van der Waals surface area contributed by atoms with Crippen LogP contribution in [0.3, 0.4) is 0 Å². The van der Waals surface area contributed by atoms with E-state index in [0.29, 0.717) is 10.7 Å². The summed E-state index contributed by atoms with van der Waals surface area (Å²) in [5, 5.41) is 7.97. The largest absolute Gasteiger partial charge is 0.468 e. The first-order valence-corrected chi connectivity index (χ1v) is 7.61. The average Bonchev–Trinajstić information content (AvgIpc) is 2.93. The molecule has 1 heterocycles. The van der Waals surface area contributed by atoms with Crippen LogP contribution in [0.4, 0.5) is 4.39 Å². The van der Waals surface area contributed by atoms with Crippen molar-refractivity contribution in [2.24, 2.45) is 0 Å². The number of thioether (sulfide) groups is 1. The molecule has 0 saturated heterocycles. The third-order valence-corrected chi connectivity index (χ3v) is 4.24. The maximum atomic E-state index is 13.1. The van der Waals surface area contributed by atoms with Gasteiger partial charge in [-0.1, -0.05) is 23.9 Å². The van der Waals surface area contributed by atoms with Crippen molar-refractivity contribution < 1.29 is 13.9 Å². The van der Waals surface area contributed by atoms with Gasteiger partial charge in [0, 0.05) is 5.54 Å². The Balaban J connectivity index is 2.34. The number of benzene rings is 1. The van der Waals surface area contributed by atoms with Crippen LogP contribution in [0, 0.1) is 5.82 Å². The Bertz CT molecular complexity index is 650. The van der Waals surface area contributed by atoms with Crippen molar-refractivity contribution in [1.29, 1.82) is 0 Å². The van der Waals surface area contributed by atoms with E-state index in [-0.39, 0.29) is 11.4 Å². The van der Waals surface area contributed by atoms with Gasteiger partial charge in [-0.15, -0.1) is 10.2 Å². The molecule has 1 aromatic heterocycles. The van der Waals surface area contributed by atoms with Gasteiger partial charge in [0.15, 0.2) is 5.16 Å². The summed E-state index contributed by atoms with van der Waals surface area (Å²) in [4.78, 5) is 12.1. The van der Waals surface area contributed by atoms with Crippen LogP contribution in [0.1, 0.15) is 31.6 Å². The van der Waals surface area contributed by atoms with Crippen molar-refractivity contribution in [1.82, 2.24) is 14.8 Å². The van der Waals surface area contributed by atoms with Crippen LogP contribution in [-0.2, 0) is 15.1 Å². The van der Waals surface area contributed by atoms with Crippen LogP contribution >= 0.6 is 11.8 Å². The molecule has 7 heteroatoms. The fraction of sp³-hybridized carbons (Fsp3) is 0.400. The van der Waals surface area contributed by atoms with Gasteiger partial charge in [-0.3, -0.25) is 4.79 Å². The number of hydrogen-bond donors (Lipinski definition) is 0. The Morgan fingerprint density at radius 1 is 1.32 bits per heavy atom. The molecular weight excluding hydrogens is 305 g/mol. The normalized spacial score (nSPS) is 13.0. The second kappa shape index (κ2) is 6.48. The molecule has 2 aromatic rings. The molecule has 1 atom stereocenters. The molecule has 0 spiro atoms. The summed E-state index contributed by atoms with van der Waals surface area (Å²) in [5.41, 5.74) is 0.441. The third kappa shape index (κ3) is 3.65. The predicted octanol–water partition coefficient (Wildman–Crippen LogP) is 3.18. The van der Waals surface area contributed by atoms with E-state index in [2.05, 4.69) is 10.2 Å². The van der Waals surface area contributed by atoms with E-state index in [9.17, 15) is 9.18 Å². The van der Waals surface area contributed by atoms with Gasteiger partial charge in [0.1, 0.15) is 17.4 Å². The highest BCUT2D eigenvalue weighted by Crippen LogP contribution is 2.36. The minimum absolute atomic E-state index is 0.213. The number of methoxy groups -OCH3 is 1. The van der Waals surface area contributed by atoms with Gasteiger partial charge in [-0.05, 0) is 38.5 Å². The second-order valence-electron chi connectivity index (χ2n) is 5.73. The summed E-state index contributed by atoms with van der Waals surface area (Å²) < 4.78 is 19.8. The van der Waals surface area contributed by atoms with Crippen molar-refractivity contribution in [2.45, 2.75) is 36.7 Å². The molecule has 5 nitrogen and oxygen atoms in total. The molecule has 0 aliphatic carbocycles. The number of halogens is 1.